The number of aryl methyl sites for hydroxylation is 1. The molecule has 0 spiro atoms. The summed E-state index contributed by atoms with van der Waals surface area (Å²) in [7, 11) is 1.70. The first-order valence-corrected chi connectivity index (χ1v) is 17.0. The van der Waals surface area contributed by atoms with E-state index in [0.717, 1.165) is 53.9 Å². The normalized spacial score (nSPS) is 22.4. The van der Waals surface area contributed by atoms with E-state index in [1.165, 1.54) is 6.07 Å². The van der Waals surface area contributed by atoms with Crippen LogP contribution in [0.3, 0.4) is 0 Å². The smallest absolute Gasteiger partial charge is 0.255 e. The average molecular weight is 675 g/mol. The van der Waals surface area contributed by atoms with Gasteiger partial charge in [-0.1, -0.05) is 30.4 Å². The Balaban J connectivity index is 1.07. The Kier molecular flexibility index (Phi) is 10.7. The minimum Gasteiger partial charge on any atom is -0.391 e. The molecule has 4 unspecified atom stereocenters. The standard InChI is InChI=1S/C39H43FN8O2/c1-26-31-23-30(11-13-34(31)47-46-26)44-38(49)29-10-12-35-36(22-29)48(19-20-50-3)37(45-35)32-24-39(32,14-17-42-2)15-18-43-16-6-4-5-7-28-9-8-27(25-41)21-33(28)40/h4-6,8-13,16,21-23,32,35-36,43H,2,7,14-15,17-20,24H2,1,3H3,(H,44,49)(H,46,47)/b5-4-,16-6+. The molecule has 0 saturated heterocycles. The van der Waals surface area contributed by atoms with Crippen molar-refractivity contribution in [2.24, 2.45) is 21.3 Å². The number of aromatic nitrogens is 2. The highest BCUT2D eigenvalue weighted by atomic mass is 19.1. The lowest BCUT2D eigenvalue weighted by Crippen LogP contribution is -2.42. The van der Waals surface area contributed by atoms with Crippen LogP contribution in [0.1, 0.15) is 36.1 Å². The lowest BCUT2D eigenvalue weighted by Gasteiger charge is -2.30. The fraction of sp³-hybridized carbons (Fsp3) is 0.359. The second-order valence-electron chi connectivity index (χ2n) is 13.1. The zero-order valence-corrected chi connectivity index (χ0v) is 28.5. The van der Waals surface area contributed by atoms with Gasteiger partial charge in [-0.25, -0.2) is 4.39 Å². The van der Waals surface area contributed by atoms with Gasteiger partial charge in [0.25, 0.3) is 5.91 Å². The predicted octanol–water partition coefficient (Wildman–Crippen LogP) is 5.80. The first-order valence-electron chi connectivity index (χ1n) is 17.0. The number of nitrogens with one attached hydrogen (secondary N) is 3. The summed E-state index contributed by atoms with van der Waals surface area (Å²) in [6.07, 6.45) is 16.9. The van der Waals surface area contributed by atoms with Gasteiger partial charge < -0.3 is 25.3 Å². The molecule has 11 heteroatoms. The van der Waals surface area contributed by atoms with Gasteiger partial charge in [0.05, 0.1) is 35.8 Å². The molecular formula is C39H43FN8O2. The number of methoxy groups -OCH3 is 1. The Hall–Kier alpha value is -5.34. The Morgan fingerprint density at radius 3 is 2.96 bits per heavy atom. The van der Waals surface area contributed by atoms with Crippen molar-refractivity contribution in [3.05, 3.63) is 107 Å². The zero-order valence-electron chi connectivity index (χ0n) is 28.5. The molecule has 4 atom stereocenters. The van der Waals surface area contributed by atoms with Crippen LogP contribution in [0.4, 0.5) is 10.1 Å². The Bertz CT molecular complexity index is 1940. The summed E-state index contributed by atoms with van der Waals surface area (Å²) < 4.78 is 19.6. The number of hydrogen-bond donors (Lipinski definition) is 3. The van der Waals surface area contributed by atoms with Crippen molar-refractivity contribution in [3.63, 3.8) is 0 Å². The van der Waals surface area contributed by atoms with E-state index in [1.54, 1.807) is 19.2 Å². The van der Waals surface area contributed by atoms with Crippen molar-refractivity contribution < 1.29 is 13.9 Å². The molecule has 1 aromatic heterocycles. The van der Waals surface area contributed by atoms with Gasteiger partial charge in [0.2, 0.25) is 0 Å². The number of fused-ring (bicyclic) bond motifs is 2. The summed E-state index contributed by atoms with van der Waals surface area (Å²) in [4.78, 5) is 25.2. The maximum absolute atomic E-state index is 14.1. The second-order valence-corrected chi connectivity index (χ2v) is 13.1. The van der Waals surface area contributed by atoms with Gasteiger partial charge in [-0.3, -0.25) is 14.9 Å². The van der Waals surface area contributed by atoms with E-state index >= 15 is 0 Å². The van der Waals surface area contributed by atoms with Crippen LogP contribution in [0.2, 0.25) is 0 Å². The van der Waals surface area contributed by atoms with E-state index in [-0.39, 0.29) is 35.1 Å². The second kappa shape index (κ2) is 15.5. The number of ether oxygens (including phenoxy) is 1. The van der Waals surface area contributed by atoms with E-state index in [0.29, 0.717) is 42.8 Å². The number of halogens is 1. The van der Waals surface area contributed by atoms with E-state index in [9.17, 15) is 9.18 Å². The van der Waals surface area contributed by atoms with Crippen molar-refractivity contribution >= 4 is 35.1 Å². The molecule has 3 N–H and O–H groups in total. The van der Waals surface area contributed by atoms with Crippen LogP contribution < -0.4 is 10.6 Å². The molecule has 2 aliphatic carbocycles. The van der Waals surface area contributed by atoms with Crippen LogP contribution in [0.5, 0.6) is 0 Å². The van der Waals surface area contributed by atoms with E-state index in [2.05, 4.69) is 37.4 Å². The molecule has 2 heterocycles. The van der Waals surface area contributed by atoms with E-state index < -0.39 is 0 Å². The highest BCUT2D eigenvalue weighted by molar-refractivity contribution is 6.07. The number of amidine groups is 1. The molecule has 1 fully saturated rings. The molecule has 2 aromatic carbocycles. The Morgan fingerprint density at radius 1 is 1.28 bits per heavy atom. The van der Waals surface area contributed by atoms with Gasteiger partial charge >= 0.3 is 0 Å². The number of benzene rings is 2. The lowest BCUT2D eigenvalue weighted by atomic mass is 9.93. The topological polar surface area (TPSA) is 131 Å². The molecule has 258 valence electrons. The monoisotopic (exact) mass is 674 g/mol. The third-order valence-corrected chi connectivity index (χ3v) is 9.93. The molecule has 0 radical (unpaired) electrons. The predicted molar refractivity (Wildman–Crippen MR) is 196 cm³/mol. The molecule has 10 nitrogen and oxygen atoms in total. The number of hydrogen-bond acceptors (Lipinski definition) is 8. The molecule has 1 aliphatic heterocycles. The maximum atomic E-state index is 14.1. The van der Waals surface area contributed by atoms with Crippen molar-refractivity contribution in [2.45, 2.75) is 44.7 Å². The van der Waals surface area contributed by atoms with Crippen LogP contribution in [-0.2, 0) is 16.0 Å². The van der Waals surface area contributed by atoms with Gasteiger partial charge in [0, 0.05) is 55.0 Å². The number of carbonyl (C=O) groups is 1. The number of rotatable bonds is 16. The minimum absolute atomic E-state index is 0.0557. The van der Waals surface area contributed by atoms with Crippen LogP contribution in [0, 0.1) is 35.4 Å². The fourth-order valence-electron chi connectivity index (χ4n) is 7.02. The van der Waals surface area contributed by atoms with Crippen molar-refractivity contribution in [2.75, 3.05) is 38.7 Å². The average Bonchev–Trinajstić information content (AvgIpc) is 3.54. The number of nitrogens with zero attached hydrogens (tertiary/aromatic N) is 5. The molecule has 50 heavy (non-hydrogen) atoms. The SMILES string of the molecule is C=NCCC1(CCN/C=C/C=C\Cc2ccc(C#N)cc2F)CC1C1=NC2C=CC(C(=O)Nc3ccc4n[nH]c(C)c4c3)=CC2N1CCOC. The number of amides is 1. The molecule has 6 rings (SSSR count). The maximum Gasteiger partial charge on any atom is 0.255 e. The summed E-state index contributed by atoms with van der Waals surface area (Å²) >= 11 is 0. The fourth-order valence-corrected chi connectivity index (χ4v) is 7.02. The van der Waals surface area contributed by atoms with Gasteiger partial charge in [-0.15, -0.1) is 0 Å². The van der Waals surface area contributed by atoms with Gasteiger partial charge in [0.15, 0.2) is 0 Å². The summed E-state index contributed by atoms with van der Waals surface area (Å²) in [6, 6.07) is 12.1. The van der Waals surface area contributed by atoms with Crippen molar-refractivity contribution in [3.8, 4) is 6.07 Å². The molecular weight excluding hydrogens is 631 g/mol. The van der Waals surface area contributed by atoms with Crippen LogP contribution >= 0.6 is 0 Å². The Morgan fingerprint density at radius 2 is 2.16 bits per heavy atom. The highest BCUT2D eigenvalue weighted by Crippen LogP contribution is 2.59. The molecule has 3 aliphatic rings. The van der Waals surface area contributed by atoms with Crippen LogP contribution in [0.15, 0.2) is 94.6 Å². The minimum atomic E-state index is -0.367. The lowest BCUT2D eigenvalue weighted by molar-refractivity contribution is -0.112. The van der Waals surface area contributed by atoms with Crippen LogP contribution in [0.25, 0.3) is 10.9 Å². The zero-order chi connectivity index (χ0) is 35.1. The summed E-state index contributed by atoms with van der Waals surface area (Å²) in [5.41, 5.74) is 4.07. The number of aromatic amines is 1. The number of nitriles is 1. The molecule has 1 amide bonds. The summed E-state index contributed by atoms with van der Waals surface area (Å²) in [5.74, 6) is 0.837. The summed E-state index contributed by atoms with van der Waals surface area (Å²) in [5, 5.41) is 23.6. The number of carbonyl (C=O) groups excluding carboxylic acids is 1. The highest BCUT2D eigenvalue weighted by Gasteiger charge is 2.58. The molecule has 0 bridgehead atoms. The van der Waals surface area contributed by atoms with Gasteiger partial charge in [-0.05, 0) is 99.0 Å². The third-order valence-electron chi connectivity index (χ3n) is 9.93. The first-order chi connectivity index (χ1) is 24.4. The van der Waals surface area contributed by atoms with E-state index in [4.69, 9.17) is 15.0 Å². The first kappa shape index (κ1) is 34.5. The molecule has 1 saturated carbocycles. The van der Waals surface area contributed by atoms with Gasteiger partial charge in [0.1, 0.15) is 11.7 Å². The molecule has 3 aromatic rings. The number of allylic oxidation sites excluding steroid dienone is 3. The Labute approximate surface area is 292 Å². The number of anilines is 1. The quantitative estimate of drug-likeness (QED) is 0.100. The largest absolute Gasteiger partial charge is 0.391 e. The van der Waals surface area contributed by atoms with Crippen molar-refractivity contribution in [1.82, 2.24) is 20.4 Å². The van der Waals surface area contributed by atoms with Gasteiger partial charge in [-0.2, -0.15) is 10.4 Å². The number of H-pyrrole nitrogens is 1. The van der Waals surface area contributed by atoms with Crippen LogP contribution in [-0.4, -0.2) is 79.0 Å². The third kappa shape index (κ3) is 7.61. The number of aliphatic imine (C=N–C) groups is 2. The summed E-state index contributed by atoms with van der Waals surface area (Å²) in [6.45, 7) is 8.40. The van der Waals surface area contributed by atoms with E-state index in [1.807, 2.05) is 73.8 Å². The van der Waals surface area contributed by atoms with Crippen molar-refractivity contribution in [1.29, 1.82) is 5.26 Å².